The zero-order valence-electron chi connectivity index (χ0n) is 11.5. The third-order valence-corrected chi connectivity index (χ3v) is 5.88. The zero-order chi connectivity index (χ0) is 14.0. The number of sulfonamides is 1. The molecule has 4 N–H and O–H groups in total. The maximum atomic E-state index is 12.3. The Morgan fingerprint density at radius 3 is 1.94 bits per heavy atom. The summed E-state index contributed by atoms with van der Waals surface area (Å²) in [5, 5.41) is 7.77. The topological polar surface area (TPSA) is 96.0 Å². The fourth-order valence-corrected chi connectivity index (χ4v) is 3.30. The van der Waals surface area contributed by atoms with Crippen molar-refractivity contribution in [2.75, 3.05) is 0 Å². The van der Waals surface area contributed by atoms with Crippen molar-refractivity contribution in [3.05, 3.63) is 0 Å². The Morgan fingerprint density at radius 2 is 1.61 bits per heavy atom. The van der Waals surface area contributed by atoms with E-state index >= 15 is 0 Å². The van der Waals surface area contributed by atoms with Crippen LogP contribution in [0.25, 0.3) is 0 Å². The van der Waals surface area contributed by atoms with Crippen molar-refractivity contribution >= 4 is 15.9 Å². The lowest BCUT2D eigenvalue weighted by atomic mass is 9.90. The highest BCUT2D eigenvalue weighted by Gasteiger charge is 2.41. The SMILES string of the molecule is CC(C)(C)S(=O)(=O)NC1(C(=N)N)CCCCCC1. The highest BCUT2D eigenvalue weighted by molar-refractivity contribution is 7.90. The van der Waals surface area contributed by atoms with E-state index in [0.29, 0.717) is 12.8 Å². The Labute approximate surface area is 110 Å². The third kappa shape index (κ3) is 3.23. The molecule has 1 aliphatic rings. The van der Waals surface area contributed by atoms with Crippen LogP contribution in [0.1, 0.15) is 59.3 Å². The molecule has 0 aromatic rings. The summed E-state index contributed by atoms with van der Waals surface area (Å²) in [5.41, 5.74) is 4.81. The number of hydrogen-bond donors (Lipinski definition) is 3. The van der Waals surface area contributed by atoms with Crippen LogP contribution in [0.3, 0.4) is 0 Å². The molecule has 0 atom stereocenters. The van der Waals surface area contributed by atoms with Gasteiger partial charge in [-0.05, 0) is 33.6 Å². The molecule has 0 aromatic heterocycles. The normalized spacial score (nSPS) is 21.3. The minimum atomic E-state index is -3.49. The molecule has 1 aliphatic carbocycles. The number of amidine groups is 1. The van der Waals surface area contributed by atoms with Crippen molar-refractivity contribution < 1.29 is 8.42 Å². The average molecular weight is 275 g/mol. The van der Waals surface area contributed by atoms with E-state index in [4.69, 9.17) is 11.1 Å². The molecule has 0 bridgehead atoms. The van der Waals surface area contributed by atoms with Gasteiger partial charge in [0.15, 0.2) is 0 Å². The Bertz CT molecular complexity index is 402. The summed E-state index contributed by atoms with van der Waals surface area (Å²) < 4.78 is 26.4. The van der Waals surface area contributed by atoms with Crippen molar-refractivity contribution in [1.82, 2.24) is 4.72 Å². The van der Waals surface area contributed by atoms with Gasteiger partial charge in [0.05, 0.1) is 10.3 Å². The van der Waals surface area contributed by atoms with Gasteiger partial charge in [0.25, 0.3) is 0 Å². The molecule has 0 spiro atoms. The quantitative estimate of drug-likeness (QED) is 0.416. The number of nitrogens with two attached hydrogens (primary N) is 1. The standard InChI is InChI=1S/C12H25N3O2S/c1-11(2,3)18(16,17)15-12(10(13)14)8-6-4-5-7-9-12/h15H,4-9H2,1-3H3,(H3,13,14). The molecule has 6 heteroatoms. The Hall–Kier alpha value is -0.620. The smallest absolute Gasteiger partial charge is 0.217 e. The Balaban J connectivity index is 3.04. The van der Waals surface area contributed by atoms with Crippen LogP contribution in [0.2, 0.25) is 0 Å². The van der Waals surface area contributed by atoms with E-state index < -0.39 is 20.3 Å². The van der Waals surface area contributed by atoms with E-state index in [1.165, 1.54) is 0 Å². The van der Waals surface area contributed by atoms with Gasteiger partial charge < -0.3 is 5.73 Å². The van der Waals surface area contributed by atoms with Gasteiger partial charge >= 0.3 is 0 Å². The predicted octanol–water partition coefficient (Wildman–Crippen LogP) is 1.73. The number of hydrogen-bond acceptors (Lipinski definition) is 3. The maximum Gasteiger partial charge on any atom is 0.217 e. The number of nitrogens with one attached hydrogen (secondary N) is 2. The predicted molar refractivity (Wildman–Crippen MR) is 74.2 cm³/mol. The van der Waals surface area contributed by atoms with E-state index in [0.717, 1.165) is 25.7 Å². The van der Waals surface area contributed by atoms with Crippen molar-refractivity contribution in [1.29, 1.82) is 5.41 Å². The summed E-state index contributed by atoms with van der Waals surface area (Å²) in [5.74, 6) is -0.0581. The zero-order valence-corrected chi connectivity index (χ0v) is 12.4. The molecular formula is C12H25N3O2S. The lowest BCUT2D eigenvalue weighted by molar-refractivity contribution is 0.425. The molecule has 1 rings (SSSR count). The fourth-order valence-electron chi connectivity index (χ4n) is 2.17. The summed E-state index contributed by atoms with van der Waals surface area (Å²) in [7, 11) is -3.49. The van der Waals surface area contributed by atoms with E-state index in [1.807, 2.05) is 0 Å². The van der Waals surface area contributed by atoms with E-state index in [-0.39, 0.29) is 5.84 Å². The second kappa shape index (κ2) is 5.17. The van der Waals surface area contributed by atoms with E-state index in [9.17, 15) is 8.42 Å². The van der Waals surface area contributed by atoms with Crippen molar-refractivity contribution in [3.63, 3.8) is 0 Å². The van der Waals surface area contributed by atoms with Crippen molar-refractivity contribution in [2.45, 2.75) is 69.6 Å². The first-order valence-electron chi connectivity index (χ1n) is 6.49. The van der Waals surface area contributed by atoms with Gasteiger partial charge in [-0.15, -0.1) is 0 Å². The fraction of sp³-hybridized carbons (Fsp3) is 0.917. The second-order valence-corrected chi connectivity index (χ2v) is 8.56. The molecule has 0 heterocycles. The first-order valence-corrected chi connectivity index (χ1v) is 7.97. The summed E-state index contributed by atoms with van der Waals surface area (Å²) in [6, 6.07) is 0. The molecule has 1 fully saturated rings. The van der Waals surface area contributed by atoms with Crippen molar-refractivity contribution in [2.24, 2.45) is 5.73 Å². The monoisotopic (exact) mass is 275 g/mol. The summed E-state index contributed by atoms with van der Waals surface area (Å²) in [6.07, 6.45) is 5.21. The summed E-state index contributed by atoms with van der Waals surface area (Å²) >= 11 is 0. The van der Waals surface area contributed by atoms with Gasteiger partial charge in [-0.2, -0.15) is 0 Å². The van der Waals surface area contributed by atoms with Gasteiger partial charge in [0.1, 0.15) is 5.84 Å². The largest absolute Gasteiger partial charge is 0.386 e. The van der Waals surface area contributed by atoms with Crippen LogP contribution in [-0.2, 0) is 10.0 Å². The minimum Gasteiger partial charge on any atom is -0.386 e. The van der Waals surface area contributed by atoms with Gasteiger partial charge in [0.2, 0.25) is 10.0 Å². The third-order valence-electron chi connectivity index (χ3n) is 3.61. The first-order chi connectivity index (χ1) is 8.11. The molecule has 5 nitrogen and oxygen atoms in total. The van der Waals surface area contributed by atoms with Crippen LogP contribution in [0.5, 0.6) is 0 Å². The molecule has 0 amide bonds. The average Bonchev–Trinajstić information content (AvgIpc) is 2.42. The van der Waals surface area contributed by atoms with Crippen LogP contribution in [0.15, 0.2) is 0 Å². The summed E-state index contributed by atoms with van der Waals surface area (Å²) in [4.78, 5) is 0. The van der Waals surface area contributed by atoms with Gasteiger partial charge in [-0.25, -0.2) is 13.1 Å². The molecule has 0 saturated heterocycles. The molecular weight excluding hydrogens is 250 g/mol. The van der Waals surface area contributed by atoms with Gasteiger partial charge in [-0.3, -0.25) is 5.41 Å². The van der Waals surface area contributed by atoms with Gasteiger partial charge in [-0.1, -0.05) is 25.7 Å². The van der Waals surface area contributed by atoms with Crippen LogP contribution < -0.4 is 10.5 Å². The second-order valence-electron chi connectivity index (χ2n) is 6.13. The Morgan fingerprint density at radius 1 is 1.17 bits per heavy atom. The van der Waals surface area contributed by atoms with E-state index in [2.05, 4.69) is 4.72 Å². The van der Waals surface area contributed by atoms with Crippen LogP contribution >= 0.6 is 0 Å². The lowest BCUT2D eigenvalue weighted by Gasteiger charge is -2.35. The van der Waals surface area contributed by atoms with Crippen LogP contribution in [-0.4, -0.2) is 24.5 Å². The van der Waals surface area contributed by atoms with E-state index in [1.54, 1.807) is 20.8 Å². The molecule has 0 aliphatic heterocycles. The number of rotatable bonds is 3. The molecule has 106 valence electrons. The molecule has 0 aromatic carbocycles. The maximum absolute atomic E-state index is 12.3. The van der Waals surface area contributed by atoms with Crippen LogP contribution in [0.4, 0.5) is 0 Å². The first kappa shape index (κ1) is 15.4. The van der Waals surface area contributed by atoms with Crippen LogP contribution in [0, 0.1) is 5.41 Å². The molecule has 18 heavy (non-hydrogen) atoms. The highest BCUT2D eigenvalue weighted by Crippen LogP contribution is 2.29. The lowest BCUT2D eigenvalue weighted by Crippen LogP contribution is -2.59. The molecule has 1 saturated carbocycles. The van der Waals surface area contributed by atoms with Crippen molar-refractivity contribution in [3.8, 4) is 0 Å². The minimum absolute atomic E-state index is 0.0581. The van der Waals surface area contributed by atoms with Gasteiger partial charge in [0, 0.05) is 0 Å². The molecule has 0 radical (unpaired) electrons. The molecule has 0 unspecified atom stereocenters. The highest BCUT2D eigenvalue weighted by atomic mass is 32.2. The summed E-state index contributed by atoms with van der Waals surface area (Å²) in [6.45, 7) is 4.96. The Kier molecular flexibility index (Phi) is 4.43.